The predicted octanol–water partition coefficient (Wildman–Crippen LogP) is 0.631. The molecular formula is C10H18N4O. The molecule has 2 rings (SSSR count). The van der Waals surface area contributed by atoms with Gasteiger partial charge in [-0.25, -0.2) is 0 Å². The van der Waals surface area contributed by atoms with Crippen molar-refractivity contribution in [3.63, 3.8) is 0 Å². The molecule has 1 N–H and O–H groups in total. The SMILES string of the molecule is CN(C)Cc1noc(CNCC2CC2)n1. The first-order chi connectivity index (χ1) is 7.24. The van der Waals surface area contributed by atoms with Crippen molar-refractivity contribution in [1.29, 1.82) is 0 Å². The standard InChI is InChI=1S/C10H18N4O/c1-14(2)7-9-12-10(15-13-9)6-11-5-8-3-4-8/h8,11H,3-7H2,1-2H3. The van der Waals surface area contributed by atoms with E-state index < -0.39 is 0 Å². The van der Waals surface area contributed by atoms with Gasteiger partial charge in [-0.05, 0) is 39.4 Å². The average Bonchev–Trinajstić information content (AvgIpc) is 2.88. The van der Waals surface area contributed by atoms with Gasteiger partial charge in [-0.2, -0.15) is 4.98 Å². The van der Waals surface area contributed by atoms with Crippen molar-refractivity contribution >= 4 is 0 Å². The normalized spacial score (nSPS) is 16.2. The van der Waals surface area contributed by atoms with Gasteiger partial charge < -0.3 is 14.7 Å². The van der Waals surface area contributed by atoms with E-state index in [1.54, 1.807) is 0 Å². The largest absolute Gasteiger partial charge is 0.338 e. The number of hydrogen-bond donors (Lipinski definition) is 1. The maximum Gasteiger partial charge on any atom is 0.240 e. The molecule has 0 unspecified atom stereocenters. The van der Waals surface area contributed by atoms with Crippen LogP contribution in [0.15, 0.2) is 4.52 Å². The minimum atomic E-state index is 0.688. The molecule has 1 fully saturated rings. The van der Waals surface area contributed by atoms with E-state index in [1.807, 2.05) is 19.0 Å². The molecule has 0 radical (unpaired) electrons. The smallest absolute Gasteiger partial charge is 0.240 e. The Morgan fingerprint density at radius 2 is 2.27 bits per heavy atom. The summed E-state index contributed by atoms with van der Waals surface area (Å²) in [5.74, 6) is 2.32. The molecule has 0 spiro atoms. The van der Waals surface area contributed by atoms with E-state index in [1.165, 1.54) is 12.8 Å². The lowest BCUT2D eigenvalue weighted by Gasteiger charge is -2.03. The van der Waals surface area contributed by atoms with Crippen LogP contribution in [-0.4, -0.2) is 35.7 Å². The zero-order valence-electron chi connectivity index (χ0n) is 9.36. The predicted molar refractivity (Wildman–Crippen MR) is 56.1 cm³/mol. The Kier molecular flexibility index (Phi) is 3.33. The molecule has 5 nitrogen and oxygen atoms in total. The Balaban J connectivity index is 1.73. The number of rotatable bonds is 6. The van der Waals surface area contributed by atoms with Crippen LogP contribution in [0.1, 0.15) is 24.6 Å². The number of nitrogens with one attached hydrogen (secondary N) is 1. The van der Waals surface area contributed by atoms with Crippen LogP contribution >= 0.6 is 0 Å². The molecule has 0 saturated heterocycles. The summed E-state index contributed by atoms with van der Waals surface area (Å²) in [6.07, 6.45) is 2.73. The Hall–Kier alpha value is -0.940. The minimum Gasteiger partial charge on any atom is -0.338 e. The third kappa shape index (κ3) is 3.60. The van der Waals surface area contributed by atoms with Crippen LogP contribution in [0.25, 0.3) is 0 Å². The van der Waals surface area contributed by atoms with Crippen molar-refractivity contribution in [2.75, 3.05) is 20.6 Å². The summed E-state index contributed by atoms with van der Waals surface area (Å²) in [6.45, 7) is 2.49. The van der Waals surface area contributed by atoms with Crippen molar-refractivity contribution in [3.8, 4) is 0 Å². The van der Waals surface area contributed by atoms with E-state index in [9.17, 15) is 0 Å². The van der Waals surface area contributed by atoms with Gasteiger partial charge in [0.05, 0.1) is 13.1 Å². The Morgan fingerprint density at radius 1 is 1.47 bits per heavy atom. The highest BCUT2D eigenvalue weighted by Crippen LogP contribution is 2.27. The lowest BCUT2D eigenvalue weighted by Crippen LogP contribution is -2.16. The van der Waals surface area contributed by atoms with Gasteiger partial charge in [-0.3, -0.25) is 0 Å². The van der Waals surface area contributed by atoms with Crippen LogP contribution in [0.4, 0.5) is 0 Å². The van der Waals surface area contributed by atoms with E-state index in [-0.39, 0.29) is 0 Å². The lowest BCUT2D eigenvalue weighted by molar-refractivity contribution is 0.343. The van der Waals surface area contributed by atoms with Crippen molar-refractivity contribution in [2.24, 2.45) is 5.92 Å². The molecule has 0 aliphatic heterocycles. The van der Waals surface area contributed by atoms with Crippen LogP contribution in [0.3, 0.4) is 0 Å². The fraction of sp³-hybridized carbons (Fsp3) is 0.800. The van der Waals surface area contributed by atoms with Gasteiger partial charge in [-0.15, -0.1) is 0 Å². The van der Waals surface area contributed by atoms with Gasteiger partial charge in [-0.1, -0.05) is 5.16 Å². The lowest BCUT2D eigenvalue weighted by atomic mass is 10.4. The maximum absolute atomic E-state index is 5.12. The molecular weight excluding hydrogens is 192 g/mol. The summed E-state index contributed by atoms with van der Waals surface area (Å²) in [7, 11) is 3.97. The first-order valence-electron chi connectivity index (χ1n) is 5.41. The first kappa shape index (κ1) is 10.6. The fourth-order valence-corrected chi connectivity index (χ4v) is 1.41. The van der Waals surface area contributed by atoms with Crippen molar-refractivity contribution in [3.05, 3.63) is 11.7 Å². The van der Waals surface area contributed by atoms with Crippen LogP contribution < -0.4 is 5.32 Å². The average molecular weight is 210 g/mol. The van der Waals surface area contributed by atoms with Gasteiger partial charge in [0.2, 0.25) is 5.89 Å². The van der Waals surface area contributed by atoms with E-state index >= 15 is 0 Å². The van der Waals surface area contributed by atoms with Gasteiger partial charge in [0.25, 0.3) is 0 Å². The summed E-state index contributed by atoms with van der Waals surface area (Å²) < 4.78 is 5.12. The molecule has 1 aliphatic carbocycles. The van der Waals surface area contributed by atoms with Crippen molar-refractivity contribution in [1.82, 2.24) is 20.4 Å². The molecule has 1 saturated carbocycles. The van der Waals surface area contributed by atoms with Crippen LogP contribution in [0.5, 0.6) is 0 Å². The first-order valence-corrected chi connectivity index (χ1v) is 5.41. The minimum absolute atomic E-state index is 0.688. The summed E-state index contributed by atoms with van der Waals surface area (Å²) in [5.41, 5.74) is 0. The second kappa shape index (κ2) is 4.72. The van der Waals surface area contributed by atoms with Crippen molar-refractivity contribution in [2.45, 2.75) is 25.9 Å². The van der Waals surface area contributed by atoms with Crippen LogP contribution in [0, 0.1) is 5.92 Å². The van der Waals surface area contributed by atoms with E-state index in [4.69, 9.17) is 4.52 Å². The summed E-state index contributed by atoms with van der Waals surface area (Å²) >= 11 is 0. The zero-order chi connectivity index (χ0) is 10.7. The van der Waals surface area contributed by atoms with E-state index in [2.05, 4.69) is 15.5 Å². The van der Waals surface area contributed by atoms with E-state index in [0.29, 0.717) is 12.4 Å². The second-order valence-corrected chi connectivity index (χ2v) is 4.42. The van der Waals surface area contributed by atoms with E-state index in [0.717, 1.165) is 24.8 Å². The highest BCUT2D eigenvalue weighted by atomic mass is 16.5. The quantitative estimate of drug-likeness (QED) is 0.746. The highest BCUT2D eigenvalue weighted by molar-refractivity contribution is 4.86. The zero-order valence-corrected chi connectivity index (χ0v) is 9.36. The molecule has 15 heavy (non-hydrogen) atoms. The summed E-state index contributed by atoms with van der Waals surface area (Å²) in [6, 6.07) is 0. The molecule has 1 aromatic rings. The Labute approximate surface area is 89.8 Å². The number of aromatic nitrogens is 2. The Bertz CT molecular complexity index is 306. The summed E-state index contributed by atoms with van der Waals surface area (Å²) in [4.78, 5) is 6.31. The monoisotopic (exact) mass is 210 g/mol. The molecule has 1 heterocycles. The molecule has 1 aromatic heterocycles. The van der Waals surface area contributed by atoms with Gasteiger partial charge in [0.15, 0.2) is 5.82 Å². The fourth-order valence-electron chi connectivity index (χ4n) is 1.41. The molecule has 0 bridgehead atoms. The molecule has 0 aromatic carbocycles. The number of nitrogens with zero attached hydrogens (tertiary/aromatic N) is 3. The third-order valence-electron chi connectivity index (χ3n) is 2.37. The van der Waals surface area contributed by atoms with Crippen molar-refractivity contribution < 1.29 is 4.52 Å². The topological polar surface area (TPSA) is 54.2 Å². The summed E-state index contributed by atoms with van der Waals surface area (Å²) in [5, 5.41) is 7.22. The second-order valence-electron chi connectivity index (χ2n) is 4.42. The molecule has 0 amide bonds. The third-order valence-corrected chi connectivity index (χ3v) is 2.37. The molecule has 5 heteroatoms. The number of hydrogen-bond acceptors (Lipinski definition) is 5. The maximum atomic E-state index is 5.12. The van der Waals surface area contributed by atoms with Gasteiger partial charge in [0.1, 0.15) is 0 Å². The molecule has 1 aliphatic rings. The van der Waals surface area contributed by atoms with Gasteiger partial charge in [0, 0.05) is 0 Å². The van der Waals surface area contributed by atoms with Crippen LogP contribution in [-0.2, 0) is 13.1 Å². The van der Waals surface area contributed by atoms with Gasteiger partial charge >= 0.3 is 0 Å². The highest BCUT2D eigenvalue weighted by Gasteiger charge is 2.20. The molecule has 84 valence electrons. The molecule has 0 atom stereocenters. The Morgan fingerprint density at radius 3 is 2.93 bits per heavy atom. The van der Waals surface area contributed by atoms with Crippen LogP contribution in [0.2, 0.25) is 0 Å².